The summed E-state index contributed by atoms with van der Waals surface area (Å²) in [4.78, 5) is 22.7. The largest absolute Gasteiger partial charge is 0.507 e. The summed E-state index contributed by atoms with van der Waals surface area (Å²) in [6, 6.07) is 14.7. The number of aromatic hydroxyl groups is 1. The van der Waals surface area contributed by atoms with Crippen molar-refractivity contribution in [2.45, 2.75) is 0 Å². The minimum absolute atomic E-state index is 0.0755. The molecule has 3 aromatic rings. The average molecular weight is 365 g/mol. The van der Waals surface area contributed by atoms with Gasteiger partial charge in [0.2, 0.25) is 0 Å². The summed E-state index contributed by atoms with van der Waals surface area (Å²) in [5.41, 5.74) is 2.57. The molecule has 0 bridgehead atoms. The van der Waals surface area contributed by atoms with Crippen molar-refractivity contribution in [2.75, 3.05) is 7.11 Å². The molecule has 0 aliphatic heterocycles. The van der Waals surface area contributed by atoms with Crippen LogP contribution in [0, 0.1) is 10.1 Å². The van der Waals surface area contributed by atoms with Crippen molar-refractivity contribution < 1.29 is 19.6 Å². The normalized spacial score (nSPS) is 10.9. The van der Waals surface area contributed by atoms with Crippen LogP contribution >= 0.6 is 0 Å². The summed E-state index contributed by atoms with van der Waals surface area (Å²) in [6.07, 6.45) is 1.27. The highest BCUT2D eigenvalue weighted by Crippen LogP contribution is 2.27. The Hall–Kier alpha value is -3.94. The quantitative estimate of drug-likeness (QED) is 0.409. The van der Waals surface area contributed by atoms with E-state index in [0.29, 0.717) is 5.56 Å². The number of hydrogen-bond donors (Lipinski definition) is 2. The second kappa shape index (κ2) is 7.52. The van der Waals surface area contributed by atoms with E-state index >= 15 is 0 Å². The second-order valence-corrected chi connectivity index (χ2v) is 5.60. The highest BCUT2D eigenvalue weighted by molar-refractivity contribution is 6.01. The van der Waals surface area contributed by atoms with Crippen LogP contribution < -0.4 is 10.2 Å². The van der Waals surface area contributed by atoms with Gasteiger partial charge in [0.25, 0.3) is 5.91 Å². The van der Waals surface area contributed by atoms with Crippen molar-refractivity contribution in [3.05, 3.63) is 75.8 Å². The minimum atomic E-state index is -0.600. The smallest absolute Gasteiger partial charge is 0.311 e. The number of nitrogens with zero attached hydrogens (tertiary/aromatic N) is 2. The topological polar surface area (TPSA) is 114 Å². The summed E-state index contributed by atoms with van der Waals surface area (Å²) in [6.45, 7) is 0. The van der Waals surface area contributed by atoms with Gasteiger partial charge in [-0.3, -0.25) is 14.9 Å². The van der Waals surface area contributed by atoms with Crippen LogP contribution in [0.4, 0.5) is 5.69 Å². The zero-order chi connectivity index (χ0) is 19.4. The van der Waals surface area contributed by atoms with Gasteiger partial charge in [0, 0.05) is 11.6 Å². The van der Waals surface area contributed by atoms with Gasteiger partial charge in [0.05, 0.1) is 23.8 Å². The van der Waals surface area contributed by atoms with Crippen LogP contribution in [0.2, 0.25) is 0 Å². The third-order valence-corrected chi connectivity index (χ3v) is 3.89. The number of fused-ring (bicyclic) bond motifs is 1. The maximum atomic E-state index is 12.3. The molecule has 27 heavy (non-hydrogen) atoms. The molecule has 3 aromatic carbocycles. The van der Waals surface area contributed by atoms with Crippen LogP contribution in [0.25, 0.3) is 10.8 Å². The molecule has 0 radical (unpaired) electrons. The molecule has 1 amide bonds. The van der Waals surface area contributed by atoms with Crippen molar-refractivity contribution in [1.29, 1.82) is 0 Å². The minimum Gasteiger partial charge on any atom is -0.507 e. The fourth-order valence-corrected chi connectivity index (χ4v) is 2.57. The molecule has 8 nitrogen and oxygen atoms in total. The monoisotopic (exact) mass is 365 g/mol. The zero-order valence-electron chi connectivity index (χ0n) is 14.2. The third kappa shape index (κ3) is 3.84. The number of nitro benzene ring substituents is 1. The van der Waals surface area contributed by atoms with Crippen molar-refractivity contribution in [2.24, 2.45) is 5.10 Å². The highest BCUT2D eigenvalue weighted by atomic mass is 16.6. The van der Waals surface area contributed by atoms with Crippen LogP contribution in [-0.2, 0) is 0 Å². The molecule has 0 spiro atoms. The van der Waals surface area contributed by atoms with Crippen LogP contribution in [0.15, 0.2) is 59.7 Å². The number of rotatable bonds is 5. The fourth-order valence-electron chi connectivity index (χ4n) is 2.57. The first-order chi connectivity index (χ1) is 13.0. The number of nitro groups is 1. The van der Waals surface area contributed by atoms with E-state index in [2.05, 4.69) is 10.5 Å². The summed E-state index contributed by atoms with van der Waals surface area (Å²) < 4.78 is 4.93. The first kappa shape index (κ1) is 17.9. The maximum Gasteiger partial charge on any atom is 0.311 e. The summed E-state index contributed by atoms with van der Waals surface area (Å²) in [5, 5.41) is 26.5. The third-order valence-electron chi connectivity index (χ3n) is 3.89. The first-order valence-corrected chi connectivity index (χ1v) is 7.87. The van der Waals surface area contributed by atoms with E-state index in [9.17, 15) is 20.0 Å². The van der Waals surface area contributed by atoms with Crippen molar-refractivity contribution >= 4 is 28.6 Å². The molecule has 8 heteroatoms. The second-order valence-electron chi connectivity index (χ2n) is 5.60. The molecule has 0 saturated carbocycles. The summed E-state index contributed by atoms with van der Waals surface area (Å²) >= 11 is 0. The number of hydrazone groups is 1. The Balaban J connectivity index is 1.78. The Labute approximate surface area is 153 Å². The number of carbonyl (C=O) groups is 1. The Morgan fingerprint density at radius 2 is 1.89 bits per heavy atom. The molecule has 0 aliphatic carbocycles. The molecule has 0 saturated heterocycles. The van der Waals surface area contributed by atoms with Gasteiger partial charge < -0.3 is 9.84 Å². The molecule has 0 fully saturated rings. The van der Waals surface area contributed by atoms with Crippen LogP contribution in [0.3, 0.4) is 0 Å². The number of nitrogens with one attached hydrogen (secondary N) is 1. The first-order valence-electron chi connectivity index (χ1n) is 7.87. The Morgan fingerprint density at radius 1 is 1.19 bits per heavy atom. The fraction of sp³-hybridized carbons (Fsp3) is 0.0526. The lowest BCUT2D eigenvalue weighted by atomic mass is 10.1. The van der Waals surface area contributed by atoms with Crippen LogP contribution in [-0.4, -0.2) is 29.3 Å². The standard InChI is InChI=1S/C19H15N3O5/c1-27-18-7-6-12(8-16(18)22(25)26)11-20-21-19(24)15-9-13-4-2-3-5-14(13)10-17(15)23/h2-11,23H,1H3,(H,21,24)/b20-11-. The number of hydrogen-bond acceptors (Lipinski definition) is 6. The van der Waals surface area contributed by atoms with Crippen molar-refractivity contribution in [3.63, 3.8) is 0 Å². The van der Waals surface area contributed by atoms with Gasteiger partial charge in [-0.25, -0.2) is 5.43 Å². The number of benzene rings is 3. The number of amides is 1. The maximum absolute atomic E-state index is 12.3. The number of carbonyl (C=O) groups excluding carboxylic acids is 1. The van der Waals surface area contributed by atoms with E-state index in [4.69, 9.17) is 4.74 Å². The molecule has 3 rings (SSSR count). The van der Waals surface area contributed by atoms with Crippen molar-refractivity contribution in [3.8, 4) is 11.5 Å². The number of phenolic OH excluding ortho intramolecular Hbond substituents is 1. The molecule has 136 valence electrons. The molecule has 0 atom stereocenters. The molecule has 0 unspecified atom stereocenters. The lowest BCUT2D eigenvalue weighted by molar-refractivity contribution is -0.385. The Bertz CT molecular complexity index is 1060. The summed E-state index contributed by atoms with van der Waals surface area (Å²) in [5.74, 6) is -0.638. The average Bonchev–Trinajstić information content (AvgIpc) is 2.67. The van der Waals surface area contributed by atoms with Crippen LogP contribution in [0.1, 0.15) is 15.9 Å². The molecule has 0 aromatic heterocycles. The lowest BCUT2D eigenvalue weighted by Gasteiger charge is -2.06. The Kier molecular flexibility index (Phi) is 4.98. The molecule has 0 heterocycles. The molecule has 0 aliphatic rings. The molecular formula is C19H15N3O5. The van der Waals surface area contributed by atoms with Gasteiger partial charge in [-0.1, -0.05) is 24.3 Å². The summed E-state index contributed by atoms with van der Waals surface area (Å²) in [7, 11) is 1.34. The van der Waals surface area contributed by atoms with Gasteiger partial charge in [-0.15, -0.1) is 0 Å². The van der Waals surface area contributed by atoms with Crippen LogP contribution in [0.5, 0.6) is 11.5 Å². The predicted molar refractivity (Wildman–Crippen MR) is 100 cm³/mol. The lowest BCUT2D eigenvalue weighted by Crippen LogP contribution is -2.17. The van der Waals surface area contributed by atoms with E-state index in [1.165, 1.54) is 31.5 Å². The van der Waals surface area contributed by atoms with Gasteiger partial charge >= 0.3 is 5.69 Å². The van der Waals surface area contributed by atoms with E-state index in [-0.39, 0.29) is 22.7 Å². The highest BCUT2D eigenvalue weighted by Gasteiger charge is 2.15. The van der Waals surface area contributed by atoms with Gasteiger partial charge in [-0.2, -0.15) is 5.10 Å². The van der Waals surface area contributed by atoms with E-state index in [0.717, 1.165) is 10.8 Å². The number of methoxy groups -OCH3 is 1. The number of phenols is 1. The van der Waals surface area contributed by atoms with Gasteiger partial charge in [-0.05, 0) is 35.0 Å². The van der Waals surface area contributed by atoms with E-state index in [1.54, 1.807) is 12.1 Å². The predicted octanol–water partition coefficient (Wildman–Crippen LogP) is 3.23. The molecule has 2 N–H and O–H groups in total. The number of ether oxygens (including phenoxy) is 1. The molecular weight excluding hydrogens is 350 g/mol. The Morgan fingerprint density at radius 3 is 2.56 bits per heavy atom. The van der Waals surface area contributed by atoms with Crippen molar-refractivity contribution in [1.82, 2.24) is 5.43 Å². The SMILES string of the molecule is COc1ccc(/C=N\NC(=O)c2cc3ccccc3cc2O)cc1[N+](=O)[O-]. The van der Waals surface area contributed by atoms with E-state index < -0.39 is 10.8 Å². The zero-order valence-corrected chi connectivity index (χ0v) is 14.2. The van der Waals surface area contributed by atoms with Gasteiger partial charge in [0.15, 0.2) is 5.75 Å². The van der Waals surface area contributed by atoms with E-state index in [1.807, 2.05) is 24.3 Å². The van der Waals surface area contributed by atoms with Gasteiger partial charge in [0.1, 0.15) is 5.75 Å².